The van der Waals surface area contributed by atoms with E-state index in [1.165, 1.54) is 0 Å². The molecule has 0 aliphatic carbocycles. The molecule has 0 aliphatic heterocycles. The fourth-order valence-electron chi connectivity index (χ4n) is 1.68. The van der Waals surface area contributed by atoms with Crippen LogP contribution in [0.5, 0.6) is 5.75 Å². The molecule has 0 saturated carbocycles. The van der Waals surface area contributed by atoms with Crippen LogP contribution in [0, 0.1) is 6.92 Å². The summed E-state index contributed by atoms with van der Waals surface area (Å²) in [5.41, 5.74) is 2.05. The second-order valence-corrected chi connectivity index (χ2v) is 4.42. The van der Waals surface area contributed by atoms with Gasteiger partial charge in [-0.3, -0.25) is 0 Å². The van der Waals surface area contributed by atoms with E-state index < -0.39 is 0 Å². The van der Waals surface area contributed by atoms with Crippen LogP contribution in [0.25, 0.3) is 0 Å². The number of para-hydroxylation sites is 1. The highest BCUT2D eigenvalue weighted by Gasteiger charge is 2.10. The van der Waals surface area contributed by atoms with Crippen LogP contribution in [0.1, 0.15) is 25.0 Å². The van der Waals surface area contributed by atoms with Gasteiger partial charge in [0.25, 0.3) is 0 Å². The Balaban J connectivity index is 2.68. The fraction of sp³-hybridized carbons (Fsp3) is 0.500. The van der Waals surface area contributed by atoms with Gasteiger partial charge in [-0.15, -0.1) is 0 Å². The lowest BCUT2D eigenvalue weighted by Crippen LogP contribution is -2.20. The van der Waals surface area contributed by atoms with Crippen molar-refractivity contribution in [3.05, 3.63) is 29.3 Å². The van der Waals surface area contributed by atoms with Crippen LogP contribution in [0.2, 0.25) is 0 Å². The highest BCUT2D eigenvalue weighted by atomic mass is 16.6. The van der Waals surface area contributed by atoms with Crippen molar-refractivity contribution < 1.29 is 14.3 Å². The number of carbonyl (C=O) groups is 1. The molecule has 0 amide bonds. The van der Waals surface area contributed by atoms with E-state index in [2.05, 4.69) is 5.32 Å². The molecule has 1 aromatic rings. The first-order valence-electron chi connectivity index (χ1n) is 6.10. The SMILES string of the molecule is CNCc1cccc(C)c1OCC(=O)OC(C)C. The van der Waals surface area contributed by atoms with E-state index in [1.54, 1.807) is 0 Å². The van der Waals surface area contributed by atoms with E-state index >= 15 is 0 Å². The number of carbonyl (C=O) groups excluding carboxylic acids is 1. The van der Waals surface area contributed by atoms with Gasteiger partial charge < -0.3 is 14.8 Å². The summed E-state index contributed by atoms with van der Waals surface area (Å²) in [7, 11) is 1.87. The zero-order valence-corrected chi connectivity index (χ0v) is 11.4. The average Bonchev–Trinajstić information content (AvgIpc) is 2.27. The lowest BCUT2D eigenvalue weighted by molar-refractivity contribution is -0.149. The number of ether oxygens (including phenoxy) is 2. The molecule has 4 heteroatoms. The molecule has 0 bridgehead atoms. The Kier molecular flexibility index (Phi) is 5.65. The largest absolute Gasteiger partial charge is 0.481 e. The van der Waals surface area contributed by atoms with E-state index in [0.717, 1.165) is 16.9 Å². The fourth-order valence-corrected chi connectivity index (χ4v) is 1.68. The van der Waals surface area contributed by atoms with Gasteiger partial charge in [-0.2, -0.15) is 0 Å². The number of esters is 1. The van der Waals surface area contributed by atoms with E-state index in [1.807, 2.05) is 46.0 Å². The molecule has 0 aliphatic rings. The molecule has 4 nitrogen and oxygen atoms in total. The van der Waals surface area contributed by atoms with Crippen molar-refractivity contribution in [1.29, 1.82) is 0 Å². The van der Waals surface area contributed by atoms with Crippen molar-refractivity contribution in [3.8, 4) is 5.75 Å². The minimum atomic E-state index is -0.344. The number of rotatable bonds is 6. The van der Waals surface area contributed by atoms with Gasteiger partial charge in [0.1, 0.15) is 5.75 Å². The first-order valence-corrected chi connectivity index (χ1v) is 6.10. The maximum absolute atomic E-state index is 11.4. The molecular formula is C14H21NO3. The summed E-state index contributed by atoms with van der Waals surface area (Å²) in [4.78, 5) is 11.4. The van der Waals surface area contributed by atoms with E-state index in [0.29, 0.717) is 6.54 Å². The van der Waals surface area contributed by atoms with Crippen LogP contribution in [-0.4, -0.2) is 25.7 Å². The molecular weight excluding hydrogens is 230 g/mol. The van der Waals surface area contributed by atoms with Gasteiger partial charge in [0.2, 0.25) is 0 Å². The van der Waals surface area contributed by atoms with Crippen LogP contribution < -0.4 is 10.1 Å². The van der Waals surface area contributed by atoms with Crippen LogP contribution in [-0.2, 0) is 16.1 Å². The van der Waals surface area contributed by atoms with E-state index in [9.17, 15) is 4.79 Å². The highest BCUT2D eigenvalue weighted by Crippen LogP contribution is 2.23. The van der Waals surface area contributed by atoms with Crippen LogP contribution in [0.15, 0.2) is 18.2 Å². The third-order valence-corrected chi connectivity index (χ3v) is 2.36. The van der Waals surface area contributed by atoms with Crippen molar-refractivity contribution in [2.75, 3.05) is 13.7 Å². The number of aryl methyl sites for hydroxylation is 1. The Hall–Kier alpha value is -1.55. The maximum Gasteiger partial charge on any atom is 0.344 e. The summed E-state index contributed by atoms with van der Waals surface area (Å²) in [5.74, 6) is 0.413. The third kappa shape index (κ3) is 4.37. The summed E-state index contributed by atoms with van der Waals surface area (Å²) < 4.78 is 10.6. The molecule has 0 aromatic heterocycles. The molecule has 0 unspecified atom stereocenters. The summed E-state index contributed by atoms with van der Waals surface area (Å²) in [6, 6.07) is 5.91. The Morgan fingerprint density at radius 1 is 1.39 bits per heavy atom. The smallest absolute Gasteiger partial charge is 0.344 e. The molecule has 0 heterocycles. The third-order valence-electron chi connectivity index (χ3n) is 2.36. The second-order valence-electron chi connectivity index (χ2n) is 4.42. The normalized spacial score (nSPS) is 10.5. The number of nitrogens with one attached hydrogen (secondary N) is 1. The molecule has 1 N–H and O–H groups in total. The maximum atomic E-state index is 11.4. The first-order chi connectivity index (χ1) is 8.54. The summed E-state index contributed by atoms with van der Waals surface area (Å²) in [6.45, 7) is 6.24. The molecule has 0 saturated heterocycles. The standard InChI is InChI=1S/C14H21NO3/c1-10(2)18-13(16)9-17-14-11(3)6-5-7-12(14)8-15-4/h5-7,10,15H,8-9H2,1-4H3. The van der Waals surface area contributed by atoms with Crippen LogP contribution >= 0.6 is 0 Å². The van der Waals surface area contributed by atoms with Gasteiger partial charge in [0.05, 0.1) is 6.10 Å². The monoisotopic (exact) mass is 251 g/mol. The van der Waals surface area contributed by atoms with Gasteiger partial charge in [-0.05, 0) is 33.4 Å². The van der Waals surface area contributed by atoms with E-state index in [4.69, 9.17) is 9.47 Å². The quantitative estimate of drug-likeness (QED) is 0.786. The van der Waals surface area contributed by atoms with E-state index in [-0.39, 0.29) is 18.7 Å². The predicted octanol–water partition coefficient (Wildman–Crippen LogP) is 2.04. The van der Waals surface area contributed by atoms with Crippen molar-refractivity contribution in [3.63, 3.8) is 0 Å². The first kappa shape index (κ1) is 14.5. The van der Waals surface area contributed by atoms with Gasteiger partial charge in [-0.1, -0.05) is 18.2 Å². The lowest BCUT2D eigenvalue weighted by atomic mass is 10.1. The predicted molar refractivity (Wildman–Crippen MR) is 70.7 cm³/mol. The second kappa shape index (κ2) is 7.01. The molecule has 0 fully saturated rings. The molecule has 0 atom stereocenters. The topological polar surface area (TPSA) is 47.6 Å². The Morgan fingerprint density at radius 2 is 2.11 bits per heavy atom. The Morgan fingerprint density at radius 3 is 2.72 bits per heavy atom. The van der Waals surface area contributed by atoms with Crippen molar-refractivity contribution in [2.45, 2.75) is 33.4 Å². The van der Waals surface area contributed by atoms with Gasteiger partial charge in [0, 0.05) is 12.1 Å². The summed E-state index contributed by atoms with van der Waals surface area (Å²) in [6.07, 6.45) is -0.116. The zero-order chi connectivity index (χ0) is 13.5. The van der Waals surface area contributed by atoms with Gasteiger partial charge >= 0.3 is 5.97 Å². The van der Waals surface area contributed by atoms with Gasteiger partial charge in [-0.25, -0.2) is 4.79 Å². The van der Waals surface area contributed by atoms with Crippen molar-refractivity contribution in [2.24, 2.45) is 0 Å². The van der Waals surface area contributed by atoms with Gasteiger partial charge in [0.15, 0.2) is 6.61 Å². The zero-order valence-electron chi connectivity index (χ0n) is 11.4. The highest BCUT2D eigenvalue weighted by molar-refractivity contribution is 5.71. The van der Waals surface area contributed by atoms with Crippen LogP contribution in [0.4, 0.5) is 0 Å². The minimum absolute atomic E-state index is 0.0558. The summed E-state index contributed by atoms with van der Waals surface area (Å²) >= 11 is 0. The molecule has 0 spiro atoms. The van der Waals surface area contributed by atoms with Crippen LogP contribution in [0.3, 0.4) is 0 Å². The number of hydrogen-bond donors (Lipinski definition) is 1. The minimum Gasteiger partial charge on any atom is -0.481 e. The van der Waals surface area contributed by atoms with Crippen molar-refractivity contribution >= 4 is 5.97 Å². The molecule has 1 aromatic carbocycles. The molecule has 1 rings (SSSR count). The lowest BCUT2D eigenvalue weighted by Gasteiger charge is -2.14. The number of benzene rings is 1. The Labute approximate surface area is 108 Å². The number of hydrogen-bond acceptors (Lipinski definition) is 4. The Bertz CT molecular complexity index is 402. The molecule has 100 valence electrons. The molecule has 18 heavy (non-hydrogen) atoms. The summed E-state index contributed by atoms with van der Waals surface area (Å²) in [5, 5.41) is 3.08. The van der Waals surface area contributed by atoms with Crippen molar-refractivity contribution in [1.82, 2.24) is 5.32 Å². The molecule has 0 radical (unpaired) electrons. The average molecular weight is 251 g/mol.